The second-order valence-electron chi connectivity index (χ2n) is 7.08. The van der Waals surface area contributed by atoms with Crippen molar-refractivity contribution >= 4 is 28.6 Å². The molecule has 2 aromatic heterocycles. The van der Waals surface area contributed by atoms with Gasteiger partial charge in [-0.1, -0.05) is 18.2 Å². The number of hydrogen-bond acceptors (Lipinski definition) is 8. The zero-order chi connectivity index (χ0) is 19.7. The van der Waals surface area contributed by atoms with Gasteiger partial charge in [-0.2, -0.15) is 15.0 Å². The van der Waals surface area contributed by atoms with E-state index >= 15 is 0 Å². The van der Waals surface area contributed by atoms with Crippen molar-refractivity contribution in [1.29, 1.82) is 0 Å². The van der Waals surface area contributed by atoms with Crippen LogP contribution in [0.2, 0.25) is 0 Å². The first-order valence-electron chi connectivity index (χ1n) is 9.49. The van der Waals surface area contributed by atoms with Crippen LogP contribution in [0.5, 0.6) is 0 Å². The Morgan fingerprint density at radius 3 is 2.64 bits per heavy atom. The molecule has 0 spiro atoms. The fourth-order valence-electron chi connectivity index (χ4n) is 3.54. The Hall–Kier alpha value is -3.00. The van der Waals surface area contributed by atoms with Gasteiger partial charge in [0.05, 0.1) is 24.8 Å². The first-order chi connectivity index (χ1) is 13.5. The Morgan fingerprint density at radius 1 is 1.11 bits per heavy atom. The smallest absolute Gasteiger partial charge is 0.228 e. The summed E-state index contributed by atoms with van der Waals surface area (Å²) in [5, 5.41) is 4.48. The summed E-state index contributed by atoms with van der Waals surface area (Å²) < 4.78 is 5.53. The molecule has 4 rings (SSSR count). The van der Waals surface area contributed by atoms with Crippen LogP contribution in [0.4, 0.5) is 17.7 Å². The average Bonchev–Trinajstić information content (AvgIpc) is 2.67. The average molecular weight is 379 g/mol. The van der Waals surface area contributed by atoms with Gasteiger partial charge in [-0.25, -0.2) is 4.98 Å². The van der Waals surface area contributed by atoms with E-state index in [0.29, 0.717) is 25.0 Å². The van der Waals surface area contributed by atoms with Gasteiger partial charge >= 0.3 is 0 Å². The highest BCUT2D eigenvalue weighted by Gasteiger charge is 2.21. The molecule has 3 heterocycles. The number of nitrogens with zero attached hydrogens (tertiary/aromatic N) is 5. The van der Waals surface area contributed by atoms with Crippen LogP contribution >= 0.6 is 0 Å². The monoisotopic (exact) mass is 379 g/mol. The van der Waals surface area contributed by atoms with Gasteiger partial charge in [0.25, 0.3) is 0 Å². The minimum Gasteiger partial charge on any atom is -0.378 e. The van der Waals surface area contributed by atoms with E-state index in [4.69, 9.17) is 15.5 Å². The molecule has 0 radical (unpaired) electrons. The van der Waals surface area contributed by atoms with Crippen molar-refractivity contribution in [3.05, 3.63) is 41.2 Å². The van der Waals surface area contributed by atoms with Crippen LogP contribution in [0.1, 0.15) is 29.9 Å². The Balaban J connectivity index is 1.76. The molecule has 1 saturated heterocycles. The second-order valence-corrected chi connectivity index (χ2v) is 7.08. The molecule has 1 aliphatic heterocycles. The summed E-state index contributed by atoms with van der Waals surface area (Å²) >= 11 is 0. The fraction of sp³-hybridized carbons (Fsp3) is 0.400. The van der Waals surface area contributed by atoms with Gasteiger partial charge in [-0.05, 0) is 32.4 Å². The van der Waals surface area contributed by atoms with Crippen molar-refractivity contribution in [2.75, 3.05) is 42.3 Å². The number of anilines is 3. The molecule has 28 heavy (non-hydrogen) atoms. The maximum Gasteiger partial charge on any atom is 0.228 e. The minimum atomic E-state index is -0.0588. The highest BCUT2D eigenvalue weighted by Crippen LogP contribution is 2.31. The third kappa shape index (κ3) is 3.68. The first kappa shape index (κ1) is 18.4. The van der Waals surface area contributed by atoms with E-state index < -0.39 is 0 Å². The predicted molar refractivity (Wildman–Crippen MR) is 111 cm³/mol. The molecule has 0 saturated carbocycles. The quantitative estimate of drug-likeness (QED) is 0.713. The number of benzene rings is 1. The van der Waals surface area contributed by atoms with Crippen LogP contribution in [0.15, 0.2) is 24.3 Å². The van der Waals surface area contributed by atoms with Crippen molar-refractivity contribution < 1.29 is 4.74 Å². The summed E-state index contributed by atoms with van der Waals surface area (Å²) in [6, 6.07) is 8.40. The molecule has 1 unspecified atom stereocenters. The van der Waals surface area contributed by atoms with Gasteiger partial charge in [0.1, 0.15) is 11.6 Å². The van der Waals surface area contributed by atoms with E-state index in [1.54, 1.807) is 6.92 Å². The standard InChI is InChI=1S/C20H25N7O/c1-12-5-4-6-15-11-16(13(2)22-20-24-14(3)23-19(21)26-20)18(25-17(12)15)27-7-9-28-10-8-27/h4-6,11,13H,7-10H2,1-3H3,(H3,21,22,23,24,26). The van der Waals surface area contributed by atoms with Crippen molar-refractivity contribution in [3.63, 3.8) is 0 Å². The number of aryl methyl sites for hydroxylation is 2. The predicted octanol–water partition coefficient (Wildman–Crippen LogP) is 2.63. The van der Waals surface area contributed by atoms with Gasteiger partial charge in [0.15, 0.2) is 0 Å². The van der Waals surface area contributed by atoms with Gasteiger partial charge in [-0.15, -0.1) is 0 Å². The Morgan fingerprint density at radius 2 is 1.89 bits per heavy atom. The molecule has 3 aromatic rings. The highest BCUT2D eigenvalue weighted by molar-refractivity contribution is 5.85. The van der Waals surface area contributed by atoms with Crippen LogP contribution in [0.3, 0.4) is 0 Å². The number of hydrogen-bond donors (Lipinski definition) is 2. The molecular weight excluding hydrogens is 354 g/mol. The molecule has 8 nitrogen and oxygen atoms in total. The topological polar surface area (TPSA) is 102 Å². The van der Waals surface area contributed by atoms with E-state index in [-0.39, 0.29) is 12.0 Å². The number of rotatable bonds is 4. The molecule has 0 bridgehead atoms. The Bertz CT molecular complexity index is 981. The van der Waals surface area contributed by atoms with Gasteiger partial charge in [0.2, 0.25) is 11.9 Å². The summed E-state index contributed by atoms with van der Waals surface area (Å²) in [6.45, 7) is 9.03. The van der Waals surface area contributed by atoms with Crippen LogP contribution in [-0.4, -0.2) is 46.2 Å². The molecule has 146 valence electrons. The SMILES string of the molecule is Cc1nc(N)nc(NC(C)c2cc3cccc(C)c3nc2N2CCOCC2)n1. The summed E-state index contributed by atoms with van der Waals surface area (Å²) in [4.78, 5) is 19.9. The molecule has 0 aliphatic carbocycles. The summed E-state index contributed by atoms with van der Waals surface area (Å²) in [6.07, 6.45) is 0. The number of fused-ring (bicyclic) bond motifs is 1. The number of pyridine rings is 1. The first-order valence-corrected chi connectivity index (χ1v) is 9.49. The van der Waals surface area contributed by atoms with Crippen molar-refractivity contribution in [1.82, 2.24) is 19.9 Å². The lowest BCUT2D eigenvalue weighted by Gasteiger charge is -2.31. The lowest BCUT2D eigenvalue weighted by atomic mass is 10.0. The van der Waals surface area contributed by atoms with Gasteiger partial charge in [-0.3, -0.25) is 0 Å². The van der Waals surface area contributed by atoms with Crippen LogP contribution in [0.25, 0.3) is 10.9 Å². The molecule has 1 aliphatic rings. The number of nitrogens with two attached hydrogens (primary N) is 1. The van der Waals surface area contributed by atoms with Crippen LogP contribution < -0.4 is 16.0 Å². The number of aromatic nitrogens is 4. The number of morpholine rings is 1. The summed E-state index contributed by atoms with van der Waals surface area (Å²) in [7, 11) is 0. The van der Waals surface area contributed by atoms with E-state index in [1.807, 2.05) is 0 Å². The molecule has 8 heteroatoms. The number of nitrogen functional groups attached to an aromatic ring is 1. The minimum absolute atomic E-state index is 0.0588. The van der Waals surface area contributed by atoms with E-state index in [0.717, 1.165) is 35.4 Å². The maximum atomic E-state index is 5.78. The normalized spacial score (nSPS) is 15.6. The number of para-hydroxylation sites is 1. The maximum absolute atomic E-state index is 5.78. The van der Waals surface area contributed by atoms with Crippen molar-refractivity contribution in [3.8, 4) is 0 Å². The molecule has 1 atom stereocenters. The Labute approximate surface area is 164 Å². The third-order valence-corrected chi connectivity index (χ3v) is 4.94. The van der Waals surface area contributed by atoms with Crippen LogP contribution in [0, 0.1) is 13.8 Å². The van der Waals surface area contributed by atoms with E-state index in [2.05, 4.69) is 63.3 Å². The Kier molecular flexibility index (Phi) is 4.95. The van der Waals surface area contributed by atoms with Gasteiger partial charge in [0, 0.05) is 24.0 Å². The largest absolute Gasteiger partial charge is 0.378 e. The molecule has 1 aromatic carbocycles. The third-order valence-electron chi connectivity index (χ3n) is 4.94. The lowest BCUT2D eigenvalue weighted by molar-refractivity contribution is 0.122. The molecule has 3 N–H and O–H groups in total. The van der Waals surface area contributed by atoms with E-state index in [9.17, 15) is 0 Å². The molecular formula is C20H25N7O. The molecule has 0 amide bonds. The zero-order valence-electron chi connectivity index (χ0n) is 16.4. The fourth-order valence-corrected chi connectivity index (χ4v) is 3.54. The zero-order valence-corrected chi connectivity index (χ0v) is 16.4. The lowest BCUT2D eigenvalue weighted by Crippen LogP contribution is -2.37. The summed E-state index contributed by atoms with van der Waals surface area (Å²) in [5.74, 6) is 2.24. The van der Waals surface area contributed by atoms with Crippen LogP contribution in [-0.2, 0) is 4.74 Å². The number of nitrogens with one attached hydrogen (secondary N) is 1. The van der Waals surface area contributed by atoms with Crippen molar-refractivity contribution in [2.24, 2.45) is 0 Å². The molecule has 1 fully saturated rings. The second kappa shape index (κ2) is 7.55. The van der Waals surface area contributed by atoms with Gasteiger partial charge < -0.3 is 20.7 Å². The van der Waals surface area contributed by atoms with Crippen molar-refractivity contribution in [2.45, 2.75) is 26.8 Å². The summed E-state index contributed by atoms with van der Waals surface area (Å²) in [5.41, 5.74) is 9.06. The number of ether oxygens (including phenoxy) is 1. The van der Waals surface area contributed by atoms with E-state index in [1.165, 1.54) is 5.56 Å². The highest BCUT2D eigenvalue weighted by atomic mass is 16.5.